The third-order valence-electron chi connectivity index (χ3n) is 4.48. The maximum atomic E-state index is 13.3. The van der Waals surface area contributed by atoms with Crippen LogP contribution in [0, 0.1) is 0 Å². The fraction of sp³-hybridized carbons (Fsp3) is 0.238. The van der Waals surface area contributed by atoms with E-state index in [9.17, 15) is 31.1 Å². The van der Waals surface area contributed by atoms with Crippen molar-refractivity contribution in [2.24, 2.45) is 4.99 Å². The van der Waals surface area contributed by atoms with Gasteiger partial charge >= 0.3 is 17.6 Å². The lowest BCUT2D eigenvalue weighted by Gasteiger charge is -2.17. The molecule has 3 rings (SSSR count). The van der Waals surface area contributed by atoms with Gasteiger partial charge in [0.1, 0.15) is 12.4 Å². The molecular weight excluding hydrogens is 474 g/mol. The summed E-state index contributed by atoms with van der Waals surface area (Å²) in [6, 6.07) is 5.94. The number of hydrogen-bond donors (Lipinski definition) is 1. The van der Waals surface area contributed by atoms with Gasteiger partial charge in [0.15, 0.2) is 11.5 Å². The minimum atomic E-state index is -5.00. The Balaban J connectivity index is 1.85. The molecule has 12 heteroatoms. The molecule has 0 atom stereocenters. The van der Waals surface area contributed by atoms with E-state index in [1.54, 1.807) is 19.2 Å². The monoisotopic (exact) mass is 490 g/mol. The zero-order valence-corrected chi connectivity index (χ0v) is 17.9. The molecule has 0 aromatic heterocycles. The molecule has 2 aromatic rings. The molecule has 176 valence electrons. The fourth-order valence-corrected chi connectivity index (χ4v) is 3.70. The summed E-state index contributed by atoms with van der Waals surface area (Å²) in [6.07, 6.45) is -8.25. The molecule has 2 aromatic carbocycles. The molecule has 0 radical (unpaired) electrons. The number of amides is 1. The number of methoxy groups -OCH3 is 1. The molecule has 0 saturated heterocycles. The van der Waals surface area contributed by atoms with Gasteiger partial charge < -0.3 is 14.8 Å². The Morgan fingerprint density at radius 2 is 1.76 bits per heavy atom. The van der Waals surface area contributed by atoms with Gasteiger partial charge in [0.2, 0.25) is 0 Å². The molecule has 0 saturated carbocycles. The summed E-state index contributed by atoms with van der Waals surface area (Å²) >= 11 is 0.922. The summed E-state index contributed by atoms with van der Waals surface area (Å²) in [6.45, 7) is -0.634. The van der Waals surface area contributed by atoms with Crippen molar-refractivity contribution in [2.45, 2.75) is 19.0 Å². The molecule has 1 heterocycles. The van der Waals surface area contributed by atoms with Crippen LogP contribution >= 0.6 is 11.8 Å². The van der Waals surface area contributed by atoms with E-state index in [0.717, 1.165) is 17.8 Å². The maximum absolute atomic E-state index is 13.3. The minimum absolute atomic E-state index is 0.0622. The first-order valence-electron chi connectivity index (χ1n) is 9.21. The first-order chi connectivity index (χ1) is 15.4. The average Bonchev–Trinajstić information content (AvgIpc) is 3.10. The largest absolute Gasteiger partial charge is 0.493 e. The average molecular weight is 490 g/mol. The molecule has 1 aliphatic rings. The molecule has 0 aliphatic carbocycles. The van der Waals surface area contributed by atoms with Gasteiger partial charge in [-0.25, -0.2) is 0 Å². The van der Waals surface area contributed by atoms with Crippen LogP contribution in [-0.4, -0.2) is 25.2 Å². The number of halogens is 6. The van der Waals surface area contributed by atoms with Crippen LogP contribution < -0.4 is 14.8 Å². The third-order valence-corrected chi connectivity index (χ3v) is 5.28. The predicted molar refractivity (Wildman–Crippen MR) is 111 cm³/mol. The van der Waals surface area contributed by atoms with Gasteiger partial charge in [-0.3, -0.25) is 4.79 Å². The van der Waals surface area contributed by atoms with Crippen LogP contribution in [0.5, 0.6) is 11.5 Å². The number of likely N-dealkylation sites (N-methyl/N-ethyl adjacent to an activating group) is 1. The zero-order valence-electron chi connectivity index (χ0n) is 17.1. The first kappa shape index (κ1) is 24.5. The SMILES string of the molecule is CNC1=NC(=O)SC1=Cc1ccc(OCc2ccc(C(F)(F)F)cc2C(F)(F)F)c(OC)c1. The van der Waals surface area contributed by atoms with Crippen molar-refractivity contribution in [2.75, 3.05) is 14.2 Å². The number of carbonyl (C=O) groups is 1. The normalized spacial score (nSPS) is 15.6. The molecule has 0 unspecified atom stereocenters. The zero-order chi connectivity index (χ0) is 24.4. The van der Waals surface area contributed by atoms with E-state index in [4.69, 9.17) is 9.47 Å². The number of benzene rings is 2. The molecule has 0 fully saturated rings. The molecular formula is C21H16F6N2O3S. The van der Waals surface area contributed by atoms with Crippen LogP contribution in [0.25, 0.3) is 6.08 Å². The van der Waals surface area contributed by atoms with Gasteiger partial charge in [-0.15, -0.1) is 0 Å². The van der Waals surface area contributed by atoms with E-state index in [2.05, 4.69) is 10.3 Å². The highest BCUT2D eigenvalue weighted by atomic mass is 32.2. The minimum Gasteiger partial charge on any atom is -0.493 e. The lowest BCUT2D eigenvalue weighted by atomic mass is 10.0. The molecule has 5 nitrogen and oxygen atoms in total. The van der Waals surface area contributed by atoms with Gasteiger partial charge in [-0.05, 0) is 47.7 Å². The summed E-state index contributed by atoms with van der Waals surface area (Å²) in [5, 5.41) is 2.42. The predicted octanol–water partition coefficient (Wildman–Crippen LogP) is 6.14. The van der Waals surface area contributed by atoms with E-state index in [1.807, 2.05) is 0 Å². The van der Waals surface area contributed by atoms with Crippen LogP contribution in [0.2, 0.25) is 0 Å². The Hall–Kier alpha value is -3.15. The second-order valence-electron chi connectivity index (χ2n) is 6.65. The van der Waals surface area contributed by atoms with Gasteiger partial charge in [0, 0.05) is 12.6 Å². The second kappa shape index (κ2) is 9.38. The van der Waals surface area contributed by atoms with Crippen molar-refractivity contribution >= 4 is 28.9 Å². The number of amidine groups is 1. The van der Waals surface area contributed by atoms with Crippen LogP contribution in [0.3, 0.4) is 0 Å². The number of thioether (sulfide) groups is 1. The molecule has 33 heavy (non-hydrogen) atoms. The maximum Gasteiger partial charge on any atom is 0.416 e. The quantitative estimate of drug-likeness (QED) is 0.511. The number of hydrogen-bond acceptors (Lipinski definition) is 5. The topological polar surface area (TPSA) is 59.9 Å². The van der Waals surface area contributed by atoms with Gasteiger partial charge in [-0.1, -0.05) is 12.1 Å². The summed E-state index contributed by atoms with van der Waals surface area (Å²) < 4.78 is 89.2. The van der Waals surface area contributed by atoms with E-state index in [0.29, 0.717) is 22.4 Å². The van der Waals surface area contributed by atoms with Crippen LogP contribution in [0.15, 0.2) is 46.3 Å². The number of carbonyl (C=O) groups excluding carboxylic acids is 1. The molecule has 1 amide bonds. The molecule has 0 spiro atoms. The molecule has 1 aliphatic heterocycles. The number of nitrogens with zero attached hydrogens (tertiary/aromatic N) is 1. The second-order valence-corrected chi connectivity index (χ2v) is 7.65. The van der Waals surface area contributed by atoms with E-state index in [-0.39, 0.29) is 22.8 Å². The Morgan fingerprint density at radius 1 is 1.03 bits per heavy atom. The highest BCUT2D eigenvalue weighted by Gasteiger charge is 2.38. The summed E-state index contributed by atoms with van der Waals surface area (Å²) in [7, 11) is 2.94. The van der Waals surface area contributed by atoms with Gasteiger partial charge in [-0.2, -0.15) is 31.3 Å². The van der Waals surface area contributed by atoms with Crippen molar-refractivity contribution in [3.05, 3.63) is 63.6 Å². The van der Waals surface area contributed by atoms with Crippen LogP contribution in [-0.2, 0) is 19.0 Å². The Morgan fingerprint density at radius 3 is 2.36 bits per heavy atom. The number of nitrogens with one attached hydrogen (secondary N) is 1. The van der Waals surface area contributed by atoms with Crippen molar-refractivity contribution in [1.82, 2.24) is 5.32 Å². The van der Waals surface area contributed by atoms with Gasteiger partial charge in [0.25, 0.3) is 0 Å². The summed E-state index contributed by atoms with van der Waals surface area (Å²) in [5.74, 6) is 0.665. The van der Waals surface area contributed by atoms with Crippen molar-refractivity contribution < 1.29 is 40.6 Å². The number of alkyl halides is 6. The third kappa shape index (κ3) is 5.81. The Labute approximate surface area is 188 Å². The van der Waals surface area contributed by atoms with Gasteiger partial charge in [0.05, 0.1) is 23.1 Å². The summed E-state index contributed by atoms with van der Waals surface area (Å²) in [4.78, 5) is 15.9. The molecule has 1 N–H and O–H groups in total. The lowest BCUT2D eigenvalue weighted by molar-refractivity contribution is -0.143. The smallest absolute Gasteiger partial charge is 0.416 e. The number of ether oxygens (including phenoxy) is 2. The van der Waals surface area contributed by atoms with E-state index < -0.39 is 35.6 Å². The molecule has 0 bridgehead atoms. The number of aliphatic imine (C=N–C) groups is 1. The standard InChI is InChI=1S/C21H16F6N2O3S/c1-28-18-17(33-19(30)29-18)8-11-3-6-15(16(7-11)31-2)32-10-12-4-5-13(20(22,23)24)9-14(12)21(25,26)27/h3-9H,10H2,1-2H3,(H,28,29,30). The summed E-state index contributed by atoms with van der Waals surface area (Å²) in [5.41, 5.74) is -2.69. The van der Waals surface area contributed by atoms with Crippen molar-refractivity contribution in [3.63, 3.8) is 0 Å². The van der Waals surface area contributed by atoms with Crippen LogP contribution in [0.1, 0.15) is 22.3 Å². The lowest BCUT2D eigenvalue weighted by Crippen LogP contribution is -2.16. The van der Waals surface area contributed by atoms with E-state index >= 15 is 0 Å². The van der Waals surface area contributed by atoms with Crippen LogP contribution in [0.4, 0.5) is 31.1 Å². The highest BCUT2D eigenvalue weighted by molar-refractivity contribution is 8.18. The Kier molecular flexibility index (Phi) is 6.96. The fourth-order valence-electron chi connectivity index (χ4n) is 2.93. The highest BCUT2D eigenvalue weighted by Crippen LogP contribution is 2.38. The number of rotatable bonds is 5. The van der Waals surface area contributed by atoms with Crippen molar-refractivity contribution in [1.29, 1.82) is 0 Å². The van der Waals surface area contributed by atoms with E-state index in [1.165, 1.54) is 19.2 Å². The van der Waals surface area contributed by atoms with Crippen molar-refractivity contribution in [3.8, 4) is 11.5 Å². The Bertz CT molecular complexity index is 1130. The first-order valence-corrected chi connectivity index (χ1v) is 10.0.